The Labute approximate surface area is 155 Å². The summed E-state index contributed by atoms with van der Waals surface area (Å²) in [7, 11) is 1.59. The second kappa shape index (κ2) is 9.13. The third-order valence-corrected chi connectivity index (χ3v) is 3.82. The lowest BCUT2D eigenvalue weighted by molar-refractivity contribution is -0.123. The summed E-state index contributed by atoms with van der Waals surface area (Å²) in [5.74, 6) is 1.88. The Balaban J connectivity index is 1.67. The molecule has 0 aromatic heterocycles. The fraction of sp³-hybridized carbons (Fsp3) is 0.381. The molecule has 1 N–H and O–H groups in total. The van der Waals surface area contributed by atoms with E-state index in [-0.39, 0.29) is 17.9 Å². The van der Waals surface area contributed by atoms with Crippen LogP contribution < -0.4 is 19.5 Å². The number of hydrogen-bond acceptors (Lipinski definition) is 4. The van der Waals surface area contributed by atoms with Gasteiger partial charge in [-0.05, 0) is 35.2 Å². The Morgan fingerprint density at radius 1 is 0.962 bits per heavy atom. The zero-order valence-corrected chi connectivity index (χ0v) is 15.9. The van der Waals surface area contributed by atoms with E-state index in [0.29, 0.717) is 24.7 Å². The Morgan fingerprint density at radius 2 is 1.65 bits per heavy atom. The Bertz CT molecular complexity index is 705. The quantitative estimate of drug-likeness (QED) is 0.734. The Morgan fingerprint density at radius 3 is 2.31 bits per heavy atom. The number of hydrogen-bond donors (Lipinski definition) is 1. The molecule has 0 aliphatic carbocycles. The van der Waals surface area contributed by atoms with E-state index < -0.39 is 0 Å². The van der Waals surface area contributed by atoms with Crippen molar-refractivity contribution in [3.63, 3.8) is 0 Å². The summed E-state index contributed by atoms with van der Waals surface area (Å²) in [4.78, 5) is 11.8. The molecule has 140 valence electrons. The first-order chi connectivity index (χ1) is 12.4. The summed E-state index contributed by atoms with van der Waals surface area (Å²) in [6, 6.07) is 15.2. The normalized spacial score (nSPS) is 10.9. The average molecular weight is 357 g/mol. The van der Waals surface area contributed by atoms with Gasteiger partial charge in [0.1, 0.15) is 23.9 Å². The zero-order chi connectivity index (χ0) is 19.0. The van der Waals surface area contributed by atoms with Gasteiger partial charge < -0.3 is 19.5 Å². The SMILES string of the molecule is COc1cccc(OCC(=O)NCCOc2ccc(C(C)(C)C)cc2)c1. The lowest BCUT2D eigenvalue weighted by Crippen LogP contribution is -2.32. The van der Waals surface area contributed by atoms with E-state index in [2.05, 4.69) is 38.2 Å². The first kappa shape index (κ1) is 19.6. The van der Waals surface area contributed by atoms with E-state index in [1.165, 1.54) is 5.56 Å². The highest BCUT2D eigenvalue weighted by Crippen LogP contribution is 2.24. The minimum Gasteiger partial charge on any atom is -0.497 e. The van der Waals surface area contributed by atoms with Gasteiger partial charge >= 0.3 is 0 Å². The lowest BCUT2D eigenvalue weighted by atomic mass is 9.87. The van der Waals surface area contributed by atoms with Crippen molar-refractivity contribution in [2.75, 3.05) is 26.9 Å². The van der Waals surface area contributed by atoms with Crippen LogP contribution in [0.15, 0.2) is 48.5 Å². The maximum Gasteiger partial charge on any atom is 0.258 e. The third-order valence-electron chi connectivity index (χ3n) is 3.82. The van der Waals surface area contributed by atoms with Gasteiger partial charge in [0.05, 0.1) is 13.7 Å². The molecule has 2 aromatic rings. The highest BCUT2D eigenvalue weighted by atomic mass is 16.5. The van der Waals surface area contributed by atoms with Gasteiger partial charge in [-0.25, -0.2) is 0 Å². The molecule has 0 spiro atoms. The Hall–Kier alpha value is -2.69. The molecule has 0 heterocycles. The molecule has 26 heavy (non-hydrogen) atoms. The number of carbonyl (C=O) groups excluding carboxylic acids is 1. The van der Waals surface area contributed by atoms with Crippen molar-refractivity contribution in [3.8, 4) is 17.2 Å². The average Bonchev–Trinajstić information content (AvgIpc) is 2.63. The molecule has 0 aliphatic heterocycles. The highest BCUT2D eigenvalue weighted by Gasteiger charge is 2.12. The van der Waals surface area contributed by atoms with Crippen molar-refractivity contribution >= 4 is 5.91 Å². The molecule has 5 nitrogen and oxygen atoms in total. The molecule has 0 atom stereocenters. The molecule has 1 amide bonds. The molecule has 2 aromatic carbocycles. The van der Waals surface area contributed by atoms with Crippen LogP contribution in [0.3, 0.4) is 0 Å². The summed E-state index contributed by atoms with van der Waals surface area (Å²) in [5.41, 5.74) is 1.38. The van der Waals surface area contributed by atoms with E-state index in [9.17, 15) is 4.79 Å². The van der Waals surface area contributed by atoms with Gasteiger partial charge in [-0.1, -0.05) is 39.0 Å². The molecule has 2 rings (SSSR count). The van der Waals surface area contributed by atoms with Crippen LogP contribution in [0.25, 0.3) is 0 Å². The standard InChI is InChI=1S/C21H27NO4/c1-21(2,3)16-8-10-17(11-9-16)25-13-12-22-20(23)15-26-19-7-5-6-18(14-19)24-4/h5-11,14H,12-13,15H2,1-4H3,(H,22,23). The van der Waals surface area contributed by atoms with Gasteiger partial charge in [-0.15, -0.1) is 0 Å². The van der Waals surface area contributed by atoms with E-state index in [4.69, 9.17) is 14.2 Å². The van der Waals surface area contributed by atoms with Crippen molar-refractivity contribution < 1.29 is 19.0 Å². The molecule has 0 radical (unpaired) electrons. The predicted octanol–water partition coefficient (Wildman–Crippen LogP) is 3.57. The second-order valence-corrected chi connectivity index (χ2v) is 6.94. The van der Waals surface area contributed by atoms with Crippen LogP contribution in [0.2, 0.25) is 0 Å². The first-order valence-corrected chi connectivity index (χ1v) is 8.65. The summed E-state index contributed by atoms with van der Waals surface area (Å²) in [5, 5.41) is 2.77. The largest absolute Gasteiger partial charge is 0.497 e. The maximum absolute atomic E-state index is 11.8. The van der Waals surface area contributed by atoms with Gasteiger partial charge in [0.15, 0.2) is 6.61 Å². The van der Waals surface area contributed by atoms with Crippen LogP contribution in [0.5, 0.6) is 17.2 Å². The summed E-state index contributed by atoms with van der Waals surface area (Å²) < 4.78 is 16.2. The summed E-state index contributed by atoms with van der Waals surface area (Å²) in [6.45, 7) is 7.29. The monoisotopic (exact) mass is 357 g/mol. The maximum atomic E-state index is 11.8. The van der Waals surface area contributed by atoms with E-state index in [1.807, 2.05) is 24.3 Å². The summed E-state index contributed by atoms with van der Waals surface area (Å²) >= 11 is 0. The van der Waals surface area contributed by atoms with Crippen LogP contribution >= 0.6 is 0 Å². The van der Waals surface area contributed by atoms with Crippen molar-refractivity contribution in [1.29, 1.82) is 0 Å². The first-order valence-electron chi connectivity index (χ1n) is 8.65. The number of benzene rings is 2. The van der Waals surface area contributed by atoms with Crippen LogP contribution in [0.4, 0.5) is 0 Å². The fourth-order valence-electron chi connectivity index (χ4n) is 2.30. The number of methoxy groups -OCH3 is 1. The van der Waals surface area contributed by atoms with E-state index in [0.717, 1.165) is 5.75 Å². The third kappa shape index (κ3) is 6.31. The van der Waals surface area contributed by atoms with Crippen LogP contribution in [0.1, 0.15) is 26.3 Å². The predicted molar refractivity (Wildman–Crippen MR) is 102 cm³/mol. The van der Waals surface area contributed by atoms with Crippen LogP contribution in [0, 0.1) is 0 Å². The number of rotatable bonds is 8. The van der Waals surface area contributed by atoms with Crippen molar-refractivity contribution in [2.45, 2.75) is 26.2 Å². The molecule has 0 bridgehead atoms. The molecule has 0 fully saturated rings. The highest BCUT2D eigenvalue weighted by molar-refractivity contribution is 5.77. The van der Waals surface area contributed by atoms with Gasteiger partial charge in [0, 0.05) is 6.07 Å². The number of nitrogens with one attached hydrogen (secondary N) is 1. The van der Waals surface area contributed by atoms with E-state index >= 15 is 0 Å². The van der Waals surface area contributed by atoms with Gasteiger partial charge in [0.2, 0.25) is 0 Å². The second-order valence-electron chi connectivity index (χ2n) is 6.94. The van der Waals surface area contributed by atoms with Crippen LogP contribution in [-0.4, -0.2) is 32.8 Å². The molecule has 0 aliphatic rings. The number of carbonyl (C=O) groups is 1. The Kier molecular flexibility index (Phi) is 6.89. The topological polar surface area (TPSA) is 56.8 Å². The molecular formula is C21H27NO4. The molecular weight excluding hydrogens is 330 g/mol. The van der Waals surface area contributed by atoms with E-state index in [1.54, 1.807) is 19.2 Å². The summed E-state index contributed by atoms with van der Waals surface area (Å²) in [6.07, 6.45) is 0. The number of amides is 1. The van der Waals surface area contributed by atoms with Crippen molar-refractivity contribution in [3.05, 3.63) is 54.1 Å². The molecule has 0 saturated carbocycles. The zero-order valence-electron chi connectivity index (χ0n) is 15.9. The smallest absolute Gasteiger partial charge is 0.258 e. The molecule has 0 saturated heterocycles. The van der Waals surface area contributed by atoms with Crippen LogP contribution in [-0.2, 0) is 10.2 Å². The van der Waals surface area contributed by atoms with Gasteiger partial charge in [-0.2, -0.15) is 0 Å². The van der Waals surface area contributed by atoms with Gasteiger partial charge in [0.25, 0.3) is 5.91 Å². The molecule has 5 heteroatoms. The number of ether oxygens (including phenoxy) is 3. The van der Waals surface area contributed by atoms with Gasteiger partial charge in [-0.3, -0.25) is 4.79 Å². The minimum atomic E-state index is -0.195. The minimum absolute atomic E-state index is 0.0482. The molecule has 0 unspecified atom stereocenters. The van der Waals surface area contributed by atoms with Crippen molar-refractivity contribution in [2.24, 2.45) is 0 Å². The lowest BCUT2D eigenvalue weighted by Gasteiger charge is -2.19. The fourth-order valence-corrected chi connectivity index (χ4v) is 2.30. The van der Waals surface area contributed by atoms with Crippen molar-refractivity contribution in [1.82, 2.24) is 5.32 Å².